The molecule has 0 spiro atoms. The molecule has 7 atom stereocenters. The van der Waals surface area contributed by atoms with Crippen LogP contribution in [-0.4, -0.2) is 46.2 Å². The van der Waals surface area contributed by atoms with Crippen molar-refractivity contribution in [3.63, 3.8) is 0 Å². The second kappa shape index (κ2) is 6.51. The highest BCUT2D eigenvalue weighted by Crippen LogP contribution is 2.67. The van der Waals surface area contributed by atoms with E-state index in [1.807, 2.05) is 13.0 Å². The first-order valence-electron chi connectivity index (χ1n) is 10.3. The lowest BCUT2D eigenvalue weighted by atomic mass is 9.46. The molecule has 1 amide bonds. The maximum absolute atomic E-state index is 12.8. The van der Waals surface area contributed by atoms with Crippen LogP contribution >= 0.6 is 0 Å². The van der Waals surface area contributed by atoms with Crippen LogP contribution in [0.1, 0.15) is 46.0 Å². The van der Waals surface area contributed by atoms with Crippen LogP contribution in [0, 0.1) is 28.6 Å². The molecule has 0 saturated heterocycles. The van der Waals surface area contributed by atoms with Crippen molar-refractivity contribution in [1.82, 2.24) is 0 Å². The largest absolute Gasteiger partial charge is 0.434 e. The monoisotopic (exact) mass is 403 g/mol. The van der Waals surface area contributed by atoms with Crippen molar-refractivity contribution in [1.29, 1.82) is 0 Å². The third-order valence-corrected chi connectivity index (χ3v) is 8.48. The second-order valence-corrected chi connectivity index (χ2v) is 9.58. The summed E-state index contributed by atoms with van der Waals surface area (Å²) in [4.78, 5) is 36.4. The smallest absolute Gasteiger partial charge is 0.405 e. The highest BCUT2D eigenvalue weighted by molar-refractivity contribution is 6.01. The molecule has 0 aliphatic heterocycles. The van der Waals surface area contributed by atoms with Crippen LogP contribution in [0.2, 0.25) is 0 Å². The third-order valence-electron chi connectivity index (χ3n) is 8.48. The lowest BCUT2D eigenvalue weighted by molar-refractivity contribution is -0.178. The van der Waals surface area contributed by atoms with Gasteiger partial charge in [-0.25, -0.2) is 4.79 Å². The molecule has 4 aliphatic carbocycles. The topological polar surface area (TPSA) is 127 Å². The summed E-state index contributed by atoms with van der Waals surface area (Å²) in [6, 6.07) is 0. The number of hydrogen-bond donors (Lipinski definition) is 3. The number of ether oxygens (including phenoxy) is 1. The van der Waals surface area contributed by atoms with Gasteiger partial charge in [-0.3, -0.25) is 9.59 Å². The Kier molecular flexibility index (Phi) is 4.55. The third kappa shape index (κ3) is 2.60. The van der Waals surface area contributed by atoms with Gasteiger partial charge in [0.05, 0.1) is 6.10 Å². The van der Waals surface area contributed by atoms with Crippen molar-refractivity contribution in [3.05, 3.63) is 23.8 Å². The number of Topliss-reactive ketones (excluding diaryl/α,β-unsaturated/α-hetero) is 1. The zero-order valence-electron chi connectivity index (χ0n) is 16.9. The molecular formula is C22H29NO6. The highest BCUT2D eigenvalue weighted by atomic mass is 16.6. The minimum atomic E-state index is -1.51. The fraction of sp³-hybridized carbons (Fsp3) is 0.682. The van der Waals surface area contributed by atoms with Crippen molar-refractivity contribution in [2.45, 2.75) is 57.7 Å². The fourth-order valence-corrected chi connectivity index (χ4v) is 7.30. The van der Waals surface area contributed by atoms with Crippen molar-refractivity contribution in [2.75, 3.05) is 6.61 Å². The number of carbonyl (C=O) groups excluding carboxylic acids is 3. The normalized spacial score (nSPS) is 45.7. The van der Waals surface area contributed by atoms with Gasteiger partial charge in [0.2, 0.25) is 5.78 Å². The van der Waals surface area contributed by atoms with Gasteiger partial charge in [0.25, 0.3) is 0 Å². The zero-order valence-corrected chi connectivity index (χ0v) is 16.9. The van der Waals surface area contributed by atoms with Crippen LogP contribution in [-0.2, 0) is 14.3 Å². The number of fused-ring (bicyclic) bond motifs is 5. The molecule has 7 heteroatoms. The number of rotatable bonds is 3. The average molecular weight is 403 g/mol. The minimum absolute atomic E-state index is 0.0191. The summed E-state index contributed by atoms with van der Waals surface area (Å²) >= 11 is 0. The van der Waals surface area contributed by atoms with Gasteiger partial charge in [0.1, 0.15) is 6.61 Å². The molecule has 0 aromatic rings. The van der Waals surface area contributed by atoms with Crippen molar-refractivity contribution in [3.8, 4) is 0 Å². The van der Waals surface area contributed by atoms with E-state index in [1.165, 1.54) is 0 Å². The van der Waals surface area contributed by atoms with Crippen LogP contribution in [0.25, 0.3) is 0 Å². The molecule has 0 radical (unpaired) electrons. The van der Waals surface area contributed by atoms with Crippen molar-refractivity contribution in [2.24, 2.45) is 34.3 Å². The van der Waals surface area contributed by atoms with Gasteiger partial charge in [-0.1, -0.05) is 25.5 Å². The zero-order chi connectivity index (χ0) is 21.2. The van der Waals surface area contributed by atoms with Gasteiger partial charge in [-0.05, 0) is 56.1 Å². The van der Waals surface area contributed by atoms with E-state index in [2.05, 4.69) is 6.92 Å². The molecule has 0 heterocycles. The maximum atomic E-state index is 12.8. The number of allylic oxidation sites excluding steroid dienone is 4. The molecule has 29 heavy (non-hydrogen) atoms. The van der Waals surface area contributed by atoms with Crippen LogP contribution < -0.4 is 5.73 Å². The molecule has 0 bridgehead atoms. The number of aliphatic hydroxyl groups is 2. The average Bonchev–Trinajstić information content (AvgIpc) is 2.93. The van der Waals surface area contributed by atoms with Gasteiger partial charge in [-0.15, -0.1) is 0 Å². The van der Waals surface area contributed by atoms with Crippen molar-refractivity contribution < 1.29 is 29.3 Å². The Bertz CT molecular complexity index is 833. The summed E-state index contributed by atoms with van der Waals surface area (Å²) in [5, 5.41) is 20.9. The Morgan fingerprint density at radius 3 is 2.69 bits per heavy atom. The summed E-state index contributed by atoms with van der Waals surface area (Å²) in [5.41, 5.74) is 3.63. The van der Waals surface area contributed by atoms with Gasteiger partial charge in [-0.2, -0.15) is 0 Å². The van der Waals surface area contributed by atoms with Gasteiger partial charge >= 0.3 is 6.09 Å². The Morgan fingerprint density at radius 2 is 2.03 bits per heavy atom. The van der Waals surface area contributed by atoms with Crippen LogP contribution in [0.4, 0.5) is 4.79 Å². The standard InChI is InChI=1S/C22H29NO6/c1-20-7-5-13(25)9-12(20)3-4-14-15-6-8-22(17(27)11-24,29-19(23)28)21(15,2)10-16(26)18(14)20/h5,7,9,14-16,18,24,26H,3-4,6,8,10-11H2,1-2H3,(H2,23,28)/t14-,15-,16-,18+,20-,21-,22-/m0/s1. The van der Waals surface area contributed by atoms with E-state index < -0.39 is 41.0 Å². The number of hydrogen-bond acceptors (Lipinski definition) is 6. The van der Waals surface area contributed by atoms with E-state index in [-0.39, 0.29) is 30.0 Å². The van der Waals surface area contributed by atoms with Crippen LogP contribution in [0.15, 0.2) is 23.8 Å². The van der Waals surface area contributed by atoms with E-state index in [0.717, 1.165) is 18.4 Å². The number of nitrogens with two attached hydrogens (primary N) is 1. The van der Waals surface area contributed by atoms with E-state index in [9.17, 15) is 24.6 Å². The first-order valence-corrected chi connectivity index (χ1v) is 10.3. The predicted octanol–water partition coefficient (Wildman–Crippen LogP) is 1.66. The van der Waals surface area contributed by atoms with E-state index in [0.29, 0.717) is 12.8 Å². The lowest BCUT2D eigenvalue weighted by Gasteiger charge is -2.59. The first kappa shape index (κ1) is 20.3. The first-order chi connectivity index (χ1) is 13.6. The molecule has 0 aromatic heterocycles. The summed E-state index contributed by atoms with van der Waals surface area (Å²) in [6.07, 6.45) is 6.18. The SMILES string of the molecule is C[C@]12C=CC(=O)C=C1CC[C@@H]1[C@@H]2[C@@H](O)C[C@@]2(C)[C@H]1CC[C@]2(OC(N)=O)C(=O)CO. The van der Waals surface area contributed by atoms with E-state index >= 15 is 0 Å². The Hall–Kier alpha value is -1.99. The summed E-state index contributed by atoms with van der Waals surface area (Å²) in [7, 11) is 0. The predicted molar refractivity (Wildman–Crippen MR) is 103 cm³/mol. The number of aliphatic hydroxyl groups excluding tert-OH is 2. The number of carbonyl (C=O) groups is 3. The quantitative estimate of drug-likeness (QED) is 0.658. The molecule has 3 saturated carbocycles. The lowest BCUT2D eigenvalue weighted by Crippen LogP contribution is -2.63. The Balaban J connectivity index is 1.77. The number of amides is 1. The van der Waals surface area contributed by atoms with E-state index in [4.69, 9.17) is 10.5 Å². The molecule has 7 nitrogen and oxygen atoms in total. The number of primary amides is 1. The van der Waals surface area contributed by atoms with Crippen LogP contribution in [0.3, 0.4) is 0 Å². The van der Waals surface area contributed by atoms with Gasteiger partial charge in [0.15, 0.2) is 11.4 Å². The molecule has 4 aliphatic rings. The Labute approximate surface area is 170 Å². The molecule has 4 N–H and O–H groups in total. The number of ketones is 2. The summed E-state index contributed by atoms with van der Waals surface area (Å²) < 4.78 is 5.45. The van der Waals surface area contributed by atoms with Crippen molar-refractivity contribution >= 4 is 17.7 Å². The molecule has 4 rings (SSSR count). The molecular weight excluding hydrogens is 374 g/mol. The maximum Gasteiger partial charge on any atom is 0.405 e. The van der Waals surface area contributed by atoms with Crippen LogP contribution in [0.5, 0.6) is 0 Å². The summed E-state index contributed by atoms with van der Waals surface area (Å²) in [5.74, 6) is -0.519. The molecule has 0 aromatic carbocycles. The molecule has 3 fully saturated rings. The molecule has 0 unspecified atom stereocenters. The Morgan fingerprint density at radius 1 is 1.31 bits per heavy atom. The van der Waals surface area contributed by atoms with Gasteiger partial charge < -0.3 is 20.7 Å². The fourth-order valence-electron chi connectivity index (χ4n) is 7.30. The minimum Gasteiger partial charge on any atom is -0.434 e. The summed E-state index contributed by atoms with van der Waals surface area (Å²) in [6.45, 7) is 3.22. The second-order valence-electron chi connectivity index (χ2n) is 9.58. The van der Waals surface area contributed by atoms with E-state index in [1.54, 1.807) is 12.2 Å². The van der Waals surface area contributed by atoms with Gasteiger partial charge in [0, 0.05) is 16.7 Å². The highest BCUT2D eigenvalue weighted by Gasteiger charge is 2.70. The molecule has 158 valence electrons.